The van der Waals surface area contributed by atoms with E-state index in [0.29, 0.717) is 25.9 Å². The lowest BCUT2D eigenvalue weighted by Gasteiger charge is -2.33. The van der Waals surface area contributed by atoms with Gasteiger partial charge in [0.1, 0.15) is 11.6 Å². The molecule has 0 radical (unpaired) electrons. The summed E-state index contributed by atoms with van der Waals surface area (Å²) in [5, 5.41) is 7.57. The maximum atomic E-state index is 13.2. The van der Waals surface area contributed by atoms with Gasteiger partial charge in [-0.1, -0.05) is 6.07 Å². The van der Waals surface area contributed by atoms with Crippen molar-refractivity contribution in [3.8, 4) is 0 Å². The third kappa shape index (κ3) is 6.46. The zero-order chi connectivity index (χ0) is 29.2. The van der Waals surface area contributed by atoms with Gasteiger partial charge in [-0.3, -0.25) is 39.0 Å². The van der Waals surface area contributed by atoms with Crippen LogP contribution in [0.4, 0.5) is 10.5 Å². The molecule has 13 heteroatoms. The summed E-state index contributed by atoms with van der Waals surface area (Å²) in [6.45, 7) is 6.20. The topological polar surface area (TPSA) is 171 Å². The molecule has 3 aliphatic heterocycles. The molecular weight excluding hydrogens is 522 g/mol. The molecule has 7 amide bonds. The minimum absolute atomic E-state index is 0.000634. The predicted octanol–water partition coefficient (Wildman–Crippen LogP) is 1.32. The van der Waals surface area contributed by atoms with Gasteiger partial charge in [0.05, 0.1) is 16.8 Å². The number of benzene rings is 1. The summed E-state index contributed by atoms with van der Waals surface area (Å²) >= 11 is 0. The van der Waals surface area contributed by atoms with E-state index in [2.05, 4.69) is 16.0 Å². The number of hydrogen-bond donors (Lipinski definition) is 3. The van der Waals surface area contributed by atoms with Crippen LogP contribution in [0.25, 0.3) is 0 Å². The number of likely N-dealkylation sites (tertiary alicyclic amines) is 1. The molecule has 0 aromatic heterocycles. The number of nitrogens with one attached hydrogen (secondary N) is 3. The minimum Gasteiger partial charge on any atom is -0.444 e. The van der Waals surface area contributed by atoms with E-state index in [0.717, 1.165) is 4.90 Å². The van der Waals surface area contributed by atoms with Gasteiger partial charge in [0.25, 0.3) is 11.8 Å². The average molecular weight is 556 g/mol. The van der Waals surface area contributed by atoms with Crippen LogP contribution in [0.2, 0.25) is 0 Å². The molecule has 214 valence electrons. The van der Waals surface area contributed by atoms with Crippen molar-refractivity contribution >= 4 is 47.2 Å². The fourth-order valence-electron chi connectivity index (χ4n) is 4.96. The standard InChI is InChI=1S/C27H33N5O8/c1-27(2,3)40-26(39)28-15-11-13-31(14-12-15)21(35)10-9-19(33)29-17-6-4-5-16-22(17)25(38)32(24(16)37)18-7-8-20(34)30-23(18)36/h4-6,15,18H,7-14H2,1-3H3,(H,28,39)(H,29,33)(H,30,34,36). The van der Waals surface area contributed by atoms with Gasteiger partial charge >= 0.3 is 6.09 Å². The first-order chi connectivity index (χ1) is 18.8. The Hall–Kier alpha value is -4.29. The van der Waals surface area contributed by atoms with Crippen LogP contribution in [0.15, 0.2) is 18.2 Å². The minimum atomic E-state index is -1.12. The van der Waals surface area contributed by atoms with Crippen LogP contribution < -0.4 is 16.0 Å². The second-order valence-corrected chi connectivity index (χ2v) is 11.0. The first-order valence-corrected chi connectivity index (χ1v) is 13.3. The summed E-state index contributed by atoms with van der Waals surface area (Å²) in [4.78, 5) is 89.7. The lowest BCUT2D eigenvalue weighted by Crippen LogP contribution is -2.54. The molecule has 3 heterocycles. The van der Waals surface area contributed by atoms with Gasteiger partial charge in [-0.05, 0) is 52.2 Å². The van der Waals surface area contributed by atoms with Crippen LogP contribution >= 0.6 is 0 Å². The van der Waals surface area contributed by atoms with Gasteiger partial charge < -0.3 is 20.3 Å². The van der Waals surface area contributed by atoms with Crippen LogP contribution in [0.5, 0.6) is 0 Å². The van der Waals surface area contributed by atoms with Crippen LogP contribution in [-0.2, 0) is 23.9 Å². The molecule has 2 saturated heterocycles. The Bertz CT molecular complexity index is 1260. The molecule has 1 aromatic carbocycles. The molecule has 1 atom stereocenters. The Morgan fingerprint density at radius 3 is 2.35 bits per heavy atom. The quantitative estimate of drug-likeness (QED) is 0.441. The molecule has 2 fully saturated rings. The van der Waals surface area contributed by atoms with E-state index >= 15 is 0 Å². The van der Waals surface area contributed by atoms with Gasteiger partial charge in [0.15, 0.2) is 0 Å². The van der Waals surface area contributed by atoms with Crippen LogP contribution in [0, 0.1) is 0 Å². The van der Waals surface area contributed by atoms with Crippen molar-refractivity contribution in [1.29, 1.82) is 0 Å². The number of anilines is 1. The van der Waals surface area contributed by atoms with Gasteiger partial charge in [0.2, 0.25) is 23.6 Å². The Kier molecular flexibility index (Phi) is 8.21. The fourth-order valence-corrected chi connectivity index (χ4v) is 4.96. The van der Waals surface area contributed by atoms with E-state index in [-0.39, 0.29) is 54.4 Å². The number of alkyl carbamates (subject to hydrolysis) is 1. The number of ether oxygens (including phenoxy) is 1. The highest BCUT2D eigenvalue weighted by Gasteiger charge is 2.45. The Balaban J connectivity index is 1.29. The highest BCUT2D eigenvalue weighted by atomic mass is 16.6. The third-order valence-corrected chi connectivity index (χ3v) is 6.88. The molecule has 4 rings (SSSR count). The van der Waals surface area contributed by atoms with Crippen molar-refractivity contribution in [3.05, 3.63) is 29.3 Å². The molecule has 0 aliphatic carbocycles. The molecule has 1 aromatic rings. The van der Waals surface area contributed by atoms with Crippen molar-refractivity contribution < 1.29 is 38.3 Å². The van der Waals surface area contributed by atoms with Crippen molar-refractivity contribution in [2.24, 2.45) is 0 Å². The van der Waals surface area contributed by atoms with E-state index in [1.807, 2.05) is 0 Å². The molecule has 13 nitrogen and oxygen atoms in total. The monoisotopic (exact) mass is 555 g/mol. The zero-order valence-corrected chi connectivity index (χ0v) is 22.7. The summed E-state index contributed by atoms with van der Waals surface area (Å²) in [5.74, 6) is -3.32. The number of hydrogen-bond acceptors (Lipinski definition) is 8. The van der Waals surface area contributed by atoms with Gasteiger partial charge in [-0.15, -0.1) is 0 Å². The van der Waals surface area contributed by atoms with Crippen molar-refractivity contribution in [2.75, 3.05) is 18.4 Å². The lowest BCUT2D eigenvalue weighted by molar-refractivity contribution is -0.136. The molecule has 3 aliphatic rings. The summed E-state index contributed by atoms with van der Waals surface area (Å²) in [6.07, 6.45) is 0.452. The van der Waals surface area contributed by atoms with E-state index in [9.17, 15) is 33.6 Å². The first kappa shape index (κ1) is 28.7. The zero-order valence-electron chi connectivity index (χ0n) is 22.7. The smallest absolute Gasteiger partial charge is 0.407 e. The highest BCUT2D eigenvalue weighted by Crippen LogP contribution is 2.32. The average Bonchev–Trinajstić information content (AvgIpc) is 3.12. The predicted molar refractivity (Wildman–Crippen MR) is 140 cm³/mol. The van der Waals surface area contributed by atoms with Crippen LogP contribution in [0.1, 0.15) is 80.0 Å². The maximum Gasteiger partial charge on any atom is 0.407 e. The Labute approximate surface area is 230 Å². The number of fused-ring (bicyclic) bond motifs is 1. The molecule has 0 spiro atoms. The summed E-state index contributed by atoms with van der Waals surface area (Å²) in [5.41, 5.74) is -0.475. The van der Waals surface area contributed by atoms with E-state index in [4.69, 9.17) is 4.74 Å². The van der Waals surface area contributed by atoms with Crippen molar-refractivity contribution in [3.63, 3.8) is 0 Å². The van der Waals surface area contributed by atoms with E-state index < -0.39 is 47.3 Å². The van der Waals surface area contributed by atoms with E-state index in [1.54, 1.807) is 25.7 Å². The lowest BCUT2D eigenvalue weighted by atomic mass is 10.0. The second-order valence-electron chi connectivity index (χ2n) is 11.0. The van der Waals surface area contributed by atoms with E-state index in [1.165, 1.54) is 18.2 Å². The van der Waals surface area contributed by atoms with Gasteiger partial charge in [-0.25, -0.2) is 4.79 Å². The number of amides is 7. The number of carbonyl (C=O) groups is 7. The van der Waals surface area contributed by atoms with Crippen molar-refractivity contribution in [2.45, 2.75) is 77.0 Å². The molecule has 0 saturated carbocycles. The molecular formula is C27H33N5O8. The molecule has 0 bridgehead atoms. The number of nitrogens with zero attached hydrogens (tertiary/aromatic N) is 2. The number of piperidine rings is 2. The summed E-state index contributed by atoms with van der Waals surface area (Å²) in [6, 6.07) is 3.19. The second kappa shape index (κ2) is 11.4. The number of rotatable bonds is 6. The normalized spacial score (nSPS) is 19.7. The number of carbonyl (C=O) groups excluding carboxylic acids is 7. The molecule has 3 N–H and O–H groups in total. The fraction of sp³-hybridized carbons (Fsp3) is 0.519. The van der Waals surface area contributed by atoms with Gasteiger partial charge in [0, 0.05) is 38.4 Å². The van der Waals surface area contributed by atoms with Crippen LogP contribution in [0.3, 0.4) is 0 Å². The summed E-state index contributed by atoms with van der Waals surface area (Å²) < 4.78 is 5.27. The first-order valence-electron chi connectivity index (χ1n) is 13.3. The molecule has 1 unspecified atom stereocenters. The molecule has 40 heavy (non-hydrogen) atoms. The Morgan fingerprint density at radius 1 is 1.00 bits per heavy atom. The van der Waals surface area contributed by atoms with Gasteiger partial charge in [-0.2, -0.15) is 0 Å². The summed E-state index contributed by atoms with van der Waals surface area (Å²) in [7, 11) is 0. The van der Waals surface area contributed by atoms with Crippen molar-refractivity contribution in [1.82, 2.24) is 20.4 Å². The Morgan fingerprint density at radius 2 is 1.70 bits per heavy atom. The van der Waals surface area contributed by atoms with Crippen LogP contribution in [-0.4, -0.2) is 82.1 Å². The SMILES string of the molecule is CC(C)(C)OC(=O)NC1CCN(C(=O)CCC(=O)Nc2cccc3c2C(=O)N(C2CCC(=O)NC2=O)C3=O)CC1. The number of imide groups is 2. The highest BCUT2D eigenvalue weighted by molar-refractivity contribution is 6.26. The maximum absolute atomic E-state index is 13.2. The largest absolute Gasteiger partial charge is 0.444 e. The third-order valence-electron chi connectivity index (χ3n) is 6.88.